The zero-order chi connectivity index (χ0) is 13.3. The molecule has 0 atom stereocenters. The predicted octanol–water partition coefficient (Wildman–Crippen LogP) is 2.77. The molecule has 0 unspecified atom stereocenters. The van der Waals surface area contributed by atoms with Crippen LogP contribution in [0.5, 0.6) is 0 Å². The van der Waals surface area contributed by atoms with Crippen molar-refractivity contribution in [3.8, 4) is 0 Å². The predicted molar refractivity (Wildman–Crippen MR) is 77.1 cm³/mol. The summed E-state index contributed by atoms with van der Waals surface area (Å²) in [4.78, 5) is 0. The van der Waals surface area contributed by atoms with Crippen LogP contribution in [0.25, 0.3) is 0 Å². The molecule has 0 aliphatic carbocycles. The average molecular weight is 253 g/mol. The first-order valence-electron chi connectivity index (χ1n) is 6.69. The van der Waals surface area contributed by atoms with E-state index in [1.54, 1.807) is 0 Å². The molecule has 2 N–H and O–H groups in total. The molecule has 0 bridgehead atoms. The Bertz CT molecular complexity index is 553. The Morgan fingerprint density at radius 2 is 1.47 bits per heavy atom. The number of rotatable bonds is 3. The van der Waals surface area contributed by atoms with Gasteiger partial charge in [-0.2, -0.15) is 0 Å². The molecule has 1 saturated heterocycles. The van der Waals surface area contributed by atoms with E-state index in [0.29, 0.717) is 6.54 Å². The first kappa shape index (κ1) is 12.4. The molecule has 0 radical (unpaired) electrons. The highest BCUT2D eigenvalue weighted by atomic mass is 16.5. The van der Waals surface area contributed by atoms with Gasteiger partial charge in [0.2, 0.25) is 0 Å². The van der Waals surface area contributed by atoms with E-state index < -0.39 is 0 Å². The normalized spacial score (nSPS) is 16.9. The minimum Gasteiger partial charge on any atom is -0.379 e. The Hall–Kier alpha value is -1.64. The minimum absolute atomic E-state index is 0.0286. The van der Waals surface area contributed by atoms with Crippen LogP contribution in [0.4, 0.5) is 0 Å². The summed E-state index contributed by atoms with van der Waals surface area (Å²) < 4.78 is 5.51. The quantitative estimate of drug-likeness (QED) is 0.913. The van der Waals surface area contributed by atoms with E-state index in [9.17, 15) is 0 Å². The van der Waals surface area contributed by atoms with Gasteiger partial charge in [-0.1, -0.05) is 54.1 Å². The summed E-state index contributed by atoms with van der Waals surface area (Å²) in [7, 11) is 0. The molecule has 1 aliphatic heterocycles. The molecular weight excluding hydrogens is 234 g/mol. The molecule has 2 heteroatoms. The topological polar surface area (TPSA) is 35.2 Å². The summed E-state index contributed by atoms with van der Waals surface area (Å²) in [5.74, 6) is 0. The molecule has 1 aliphatic rings. The fourth-order valence-corrected chi connectivity index (χ4v) is 2.64. The van der Waals surface area contributed by atoms with Crippen molar-refractivity contribution in [3.05, 3.63) is 70.8 Å². The minimum atomic E-state index is 0.0286. The summed E-state index contributed by atoms with van der Waals surface area (Å²) in [5.41, 5.74) is 10.8. The van der Waals surface area contributed by atoms with Gasteiger partial charge in [-0.25, -0.2) is 0 Å². The molecule has 98 valence electrons. The lowest BCUT2D eigenvalue weighted by Gasteiger charge is -2.42. The zero-order valence-corrected chi connectivity index (χ0v) is 11.2. The van der Waals surface area contributed by atoms with Gasteiger partial charge in [0.05, 0.1) is 18.6 Å². The Labute approximate surface area is 114 Å². The third-order valence-electron chi connectivity index (χ3n) is 4.04. The van der Waals surface area contributed by atoms with Crippen molar-refractivity contribution in [1.29, 1.82) is 0 Å². The first-order valence-corrected chi connectivity index (χ1v) is 6.69. The number of ether oxygens (including phenoxy) is 1. The highest BCUT2D eigenvalue weighted by Gasteiger charge is 2.41. The van der Waals surface area contributed by atoms with Crippen molar-refractivity contribution in [2.45, 2.75) is 18.9 Å². The van der Waals surface area contributed by atoms with Gasteiger partial charge in [-0.3, -0.25) is 0 Å². The van der Waals surface area contributed by atoms with E-state index in [1.165, 1.54) is 22.3 Å². The lowest BCUT2D eigenvalue weighted by atomic mass is 9.72. The Balaban J connectivity index is 2.00. The van der Waals surface area contributed by atoms with Crippen LogP contribution in [-0.4, -0.2) is 13.2 Å². The van der Waals surface area contributed by atoms with Gasteiger partial charge in [0.1, 0.15) is 0 Å². The van der Waals surface area contributed by atoms with Crippen LogP contribution in [0.3, 0.4) is 0 Å². The van der Waals surface area contributed by atoms with Crippen molar-refractivity contribution >= 4 is 0 Å². The summed E-state index contributed by atoms with van der Waals surface area (Å²) in [6, 6.07) is 17.4. The molecular formula is C17H19NO. The van der Waals surface area contributed by atoms with E-state index >= 15 is 0 Å². The summed E-state index contributed by atoms with van der Waals surface area (Å²) >= 11 is 0. The van der Waals surface area contributed by atoms with Crippen molar-refractivity contribution in [2.75, 3.05) is 13.2 Å². The van der Waals surface area contributed by atoms with E-state index in [4.69, 9.17) is 10.5 Å². The van der Waals surface area contributed by atoms with Gasteiger partial charge in [0.25, 0.3) is 0 Å². The lowest BCUT2D eigenvalue weighted by Crippen LogP contribution is -2.47. The van der Waals surface area contributed by atoms with Crippen LogP contribution >= 0.6 is 0 Å². The Kier molecular flexibility index (Phi) is 3.13. The fourth-order valence-electron chi connectivity index (χ4n) is 2.64. The van der Waals surface area contributed by atoms with Crippen molar-refractivity contribution < 1.29 is 4.74 Å². The SMILES string of the molecule is Cc1ccc(C2(c3ccc(CN)cc3)COC2)cc1. The lowest BCUT2D eigenvalue weighted by molar-refractivity contribution is -0.0380. The van der Waals surface area contributed by atoms with E-state index in [2.05, 4.69) is 55.5 Å². The van der Waals surface area contributed by atoms with Crippen LogP contribution in [0.2, 0.25) is 0 Å². The monoisotopic (exact) mass is 253 g/mol. The maximum absolute atomic E-state index is 5.66. The van der Waals surface area contributed by atoms with Gasteiger partial charge in [-0.05, 0) is 23.6 Å². The van der Waals surface area contributed by atoms with E-state index in [0.717, 1.165) is 13.2 Å². The molecule has 3 rings (SSSR count). The van der Waals surface area contributed by atoms with Crippen molar-refractivity contribution in [2.24, 2.45) is 5.73 Å². The summed E-state index contributed by atoms with van der Waals surface area (Å²) in [6.07, 6.45) is 0. The van der Waals surface area contributed by atoms with Crippen LogP contribution in [0, 0.1) is 6.92 Å². The molecule has 1 heterocycles. The van der Waals surface area contributed by atoms with Crippen molar-refractivity contribution in [1.82, 2.24) is 0 Å². The molecule has 0 amide bonds. The molecule has 2 aromatic rings. The maximum atomic E-state index is 5.66. The van der Waals surface area contributed by atoms with E-state index in [-0.39, 0.29) is 5.41 Å². The number of aryl methyl sites for hydroxylation is 1. The van der Waals surface area contributed by atoms with Gasteiger partial charge in [-0.15, -0.1) is 0 Å². The average Bonchev–Trinajstić information content (AvgIpc) is 2.40. The molecule has 1 fully saturated rings. The largest absolute Gasteiger partial charge is 0.379 e. The van der Waals surface area contributed by atoms with E-state index in [1.807, 2.05) is 0 Å². The Morgan fingerprint density at radius 3 is 1.89 bits per heavy atom. The fraction of sp³-hybridized carbons (Fsp3) is 0.294. The third kappa shape index (κ3) is 2.07. The molecule has 2 aromatic carbocycles. The van der Waals surface area contributed by atoms with Gasteiger partial charge in [0, 0.05) is 6.54 Å². The summed E-state index contributed by atoms with van der Waals surface area (Å²) in [5, 5.41) is 0. The second-order valence-electron chi connectivity index (χ2n) is 5.34. The molecule has 0 spiro atoms. The number of benzene rings is 2. The highest BCUT2D eigenvalue weighted by Crippen LogP contribution is 2.39. The maximum Gasteiger partial charge on any atom is 0.0669 e. The highest BCUT2D eigenvalue weighted by molar-refractivity contribution is 5.43. The molecule has 19 heavy (non-hydrogen) atoms. The van der Waals surface area contributed by atoms with Gasteiger partial charge in [0.15, 0.2) is 0 Å². The van der Waals surface area contributed by atoms with Gasteiger partial charge < -0.3 is 10.5 Å². The first-order chi connectivity index (χ1) is 9.24. The van der Waals surface area contributed by atoms with Crippen LogP contribution in [0.15, 0.2) is 48.5 Å². The number of hydrogen-bond acceptors (Lipinski definition) is 2. The number of hydrogen-bond donors (Lipinski definition) is 1. The van der Waals surface area contributed by atoms with Crippen LogP contribution in [0.1, 0.15) is 22.3 Å². The second-order valence-corrected chi connectivity index (χ2v) is 5.34. The van der Waals surface area contributed by atoms with Crippen LogP contribution < -0.4 is 5.73 Å². The zero-order valence-electron chi connectivity index (χ0n) is 11.2. The third-order valence-corrected chi connectivity index (χ3v) is 4.04. The Morgan fingerprint density at radius 1 is 0.947 bits per heavy atom. The molecule has 0 saturated carbocycles. The van der Waals surface area contributed by atoms with Crippen molar-refractivity contribution in [3.63, 3.8) is 0 Å². The second kappa shape index (κ2) is 4.80. The standard InChI is InChI=1S/C17H19NO/c1-13-2-6-15(7-3-13)17(11-19-12-17)16-8-4-14(10-18)5-9-16/h2-9H,10-12,18H2,1H3. The number of nitrogens with two attached hydrogens (primary N) is 1. The van der Waals surface area contributed by atoms with Gasteiger partial charge >= 0.3 is 0 Å². The van der Waals surface area contributed by atoms with Crippen LogP contribution in [-0.2, 0) is 16.7 Å². The molecule has 0 aromatic heterocycles. The molecule has 2 nitrogen and oxygen atoms in total. The smallest absolute Gasteiger partial charge is 0.0669 e. The summed E-state index contributed by atoms with van der Waals surface area (Å²) in [6.45, 7) is 4.23.